The topological polar surface area (TPSA) is 81.0 Å². The zero-order valence-corrected chi connectivity index (χ0v) is 20.5. The quantitative estimate of drug-likeness (QED) is 0.456. The lowest BCUT2D eigenvalue weighted by Gasteiger charge is -2.21. The number of amides is 1. The normalized spacial score (nSPS) is 17.6. The molecular formula is C23H25F2N3O4S2. The fourth-order valence-electron chi connectivity index (χ4n) is 4.01. The van der Waals surface area contributed by atoms with Gasteiger partial charge in [0.05, 0.1) is 21.7 Å². The Morgan fingerprint density at radius 2 is 1.97 bits per heavy atom. The zero-order chi connectivity index (χ0) is 24.5. The van der Waals surface area contributed by atoms with Crippen LogP contribution in [0.3, 0.4) is 0 Å². The van der Waals surface area contributed by atoms with Gasteiger partial charge in [-0.2, -0.15) is 9.30 Å². The van der Waals surface area contributed by atoms with Crippen LogP contribution >= 0.6 is 11.3 Å². The summed E-state index contributed by atoms with van der Waals surface area (Å²) in [5.41, 5.74) is 1.06. The van der Waals surface area contributed by atoms with Gasteiger partial charge in [-0.3, -0.25) is 4.79 Å². The van der Waals surface area contributed by atoms with Gasteiger partial charge >= 0.3 is 0 Å². The molecule has 0 aliphatic carbocycles. The number of ether oxygens (including phenoxy) is 1. The van der Waals surface area contributed by atoms with Crippen molar-refractivity contribution in [2.75, 3.05) is 19.8 Å². The SMILES string of the molecule is CCOCCn1c(=NC(=O)C2CCCN2S(=O)(=O)c2ccc(C)cc2)sc2cc(F)cc(F)c21. The smallest absolute Gasteiger partial charge is 0.266 e. The Bertz CT molecular complexity index is 1380. The highest BCUT2D eigenvalue weighted by Gasteiger charge is 2.39. The number of aromatic nitrogens is 1. The van der Waals surface area contributed by atoms with Crippen molar-refractivity contribution in [3.63, 3.8) is 0 Å². The van der Waals surface area contributed by atoms with Gasteiger partial charge in [-0.25, -0.2) is 17.2 Å². The van der Waals surface area contributed by atoms with Crippen molar-refractivity contribution >= 4 is 37.5 Å². The summed E-state index contributed by atoms with van der Waals surface area (Å²) in [6, 6.07) is 7.46. The summed E-state index contributed by atoms with van der Waals surface area (Å²) in [6.07, 6.45) is 0.855. The van der Waals surface area contributed by atoms with E-state index in [1.807, 2.05) is 13.8 Å². The number of carbonyl (C=O) groups is 1. The van der Waals surface area contributed by atoms with Crippen LogP contribution in [0.4, 0.5) is 8.78 Å². The zero-order valence-electron chi connectivity index (χ0n) is 18.8. The molecule has 2 heterocycles. The van der Waals surface area contributed by atoms with Gasteiger partial charge in [-0.15, -0.1) is 0 Å². The van der Waals surface area contributed by atoms with Crippen molar-refractivity contribution in [2.24, 2.45) is 4.99 Å². The highest BCUT2D eigenvalue weighted by molar-refractivity contribution is 7.89. The second kappa shape index (κ2) is 10.0. The molecule has 1 atom stereocenters. The summed E-state index contributed by atoms with van der Waals surface area (Å²) in [4.78, 5) is 17.7. The number of fused-ring (bicyclic) bond motifs is 1. The lowest BCUT2D eigenvalue weighted by atomic mass is 10.2. The highest BCUT2D eigenvalue weighted by Crippen LogP contribution is 2.27. The first-order valence-electron chi connectivity index (χ1n) is 11.0. The van der Waals surface area contributed by atoms with Gasteiger partial charge in [0.15, 0.2) is 10.6 Å². The standard InChI is InChI=1S/C23H25F2N3O4S2/c1-3-32-12-11-27-21-18(25)13-16(24)14-20(21)33-23(27)26-22(29)19-5-4-10-28(19)34(30,31)17-8-6-15(2)7-9-17/h6-9,13-14,19H,3-5,10-12H2,1-2H3. The number of benzene rings is 2. The molecule has 3 aromatic rings. The minimum atomic E-state index is -3.89. The Hall–Kier alpha value is -2.47. The van der Waals surface area contributed by atoms with E-state index in [4.69, 9.17) is 4.74 Å². The number of nitrogens with zero attached hydrogens (tertiary/aromatic N) is 3. The first kappa shape index (κ1) is 24.6. The maximum atomic E-state index is 14.6. The van der Waals surface area contributed by atoms with E-state index in [2.05, 4.69) is 4.99 Å². The van der Waals surface area contributed by atoms with Crippen LogP contribution in [0, 0.1) is 18.6 Å². The molecule has 4 rings (SSSR count). The van der Waals surface area contributed by atoms with Crippen LogP contribution in [0.1, 0.15) is 25.3 Å². The molecule has 2 aromatic carbocycles. The van der Waals surface area contributed by atoms with Crippen LogP contribution in [0.2, 0.25) is 0 Å². The number of aryl methyl sites for hydroxylation is 1. The molecule has 0 bridgehead atoms. The maximum Gasteiger partial charge on any atom is 0.266 e. The van der Waals surface area contributed by atoms with Crippen LogP contribution in [0.5, 0.6) is 0 Å². The molecule has 0 N–H and O–H groups in total. The van der Waals surface area contributed by atoms with Crippen LogP contribution in [0.15, 0.2) is 46.3 Å². The number of rotatable bonds is 7. The molecule has 1 saturated heterocycles. The maximum absolute atomic E-state index is 14.6. The van der Waals surface area contributed by atoms with Gasteiger partial charge in [0, 0.05) is 25.8 Å². The minimum absolute atomic E-state index is 0.115. The molecule has 1 unspecified atom stereocenters. The van der Waals surface area contributed by atoms with E-state index < -0.39 is 33.6 Å². The van der Waals surface area contributed by atoms with E-state index in [0.717, 1.165) is 23.0 Å². The van der Waals surface area contributed by atoms with E-state index in [1.165, 1.54) is 27.1 Å². The number of carbonyl (C=O) groups excluding carboxylic acids is 1. The fraction of sp³-hybridized carbons (Fsp3) is 0.391. The van der Waals surface area contributed by atoms with Crippen molar-refractivity contribution < 1.29 is 26.7 Å². The van der Waals surface area contributed by atoms with Gasteiger partial charge in [0.25, 0.3) is 5.91 Å². The molecule has 0 radical (unpaired) electrons. The Morgan fingerprint density at radius 3 is 2.68 bits per heavy atom. The first-order chi connectivity index (χ1) is 16.2. The second-order valence-electron chi connectivity index (χ2n) is 8.00. The number of halogens is 2. The molecule has 11 heteroatoms. The summed E-state index contributed by atoms with van der Waals surface area (Å²) >= 11 is 0.976. The lowest BCUT2D eigenvalue weighted by molar-refractivity contribution is -0.121. The molecule has 1 aliphatic heterocycles. The number of thiazole rings is 1. The van der Waals surface area contributed by atoms with E-state index in [-0.39, 0.29) is 34.9 Å². The molecule has 1 fully saturated rings. The molecule has 182 valence electrons. The third-order valence-electron chi connectivity index (χ3n) is 5.68. The van der Waals surface area contributed by atoms with E-state index in [0.29, 0.717) is 24.1 Å². The van der Waals surface area contributed by atoms with Gasteiger partial charge < -0.3 is 9.30 Å². The van der Waals surface area contributed by atoms with Crippen LogP contribution < -0.4 is 4.80 Å². The van der Waals surface area contributed by atoms with Crippen molar-refractivity contribution in [3.8, 4) is 0 Å². The van der Waals surface area contributed by atoms with Gasteiger partial charge in [-0.05, 0) is 44.9 Å². The second-order valence-corrected chi connectivity index (χ2v) is 10.9. The predicted molar refractivity (Wildman–Crippen MR) is 125 cm³/mol. The number of hydrogen-bond donors (Lipinski definition) is 0. The first-order valence-corrected chi connectivity index (χ1v) is 13.2. The van der Waals surface area contributed by atoms with Gasteiger partial charge in [0.2, 0.25) is 10.0 Å². The molecule has 34 heavy (non-hydrogen) atoms. The largest absolute Gasteiger partial charge is 0.380 e. The van der Waals surface area contributed by atoms with Gasteiger partial charge in [-0.1, -0.05) is 29.0 Å². The van der Waals surface area contributed by atoms with Crippen LogP contribution in [0.25, 0.3) is 10.2 Å². The molecule has 1 aromatic heterocycles. The molecule has 1 amide bonds. The Labute approximate surface area is 200 Å². The average molecular weight is 510 g/mol. The summed E-state index contributed by atoms with van der Waals surface area (Å²) in [7, 11) is -3.89. The van der Waals surface area contributed by atoms with Crippen molar-refractivity contribution in [1.82, 2.24) is 8.87 Å². The minimum Gasteiger partial charge on any atom is -0.380 e. The molecular weight excluding hydrogens is 484 g/mol. The van der Waals surface area contributed by atoms with Gasteiger partial charge in [0.1, 0.15) is 11.9 Å². The van der Waals surface area contributed by atoms with E-state index in [1.54, 1.807) is 12.1 Å². The molecule has 0 saturated carbocycles. The van der Waals surface area contributed by atoms with Crippen molar-refractivity contribution in [3.05, 3.63) is 58.4 Å². The van der Waals surface area contributed by atoms with Crippen LogP contribution in [-0.4, -0.2) is 49.0 Å². The van der Waals surface area contributed by atoms with Crippen LogP contribution in [-0.2, 0) is 26.1 Å². The Balaban J connectivity index is 1.72. The summed E-state index contributed by atoms with van der Waals surface area (Å²) in [5, 5.41) is 0. The fourth-order valence-corrected chi connectivity index (χ4v) is 6.76. The summed E-state index contributed by atoms with van der Waals surface area (Å²) < 4.78 is 63.1. The third-order valence-corrected chi connectivity index (χ3v) is 8.63. The lowest BCUT2D eigenvalue weighted by Crippen LogP contribution is -2.40. The summed E-state index contributed by atoms with van der Waals surface area (Å²) in [6.45, 7) is 4.80. The van der Waals surface area contributed by atoms with E-state index >= 15 is 0 Å². The average Bonchev–Trinajstić information content (AvgIpc) is 3.40. The van der Waals surface area contributed by atoms with Crippen molar-refractivity contribution in [2.45, 2.75) is 44.2 Å². The Morgan fingerprint density at radius 1 is 1.24 bits per heavy atom. The monoisotopic (exact) mass is 509 g/mol. The number of sulfonamides is 1. The highest BCUT2D eigenvalue weighted by atomic mass is 32.2. The van der Waals surface area contributed by atoms with E-state index in [9.17, 15) is 22.0 Å². The molecule has 1 aliphatic rings. The Kier molecular flexibility index (Phi) is 7.27. The molecule has 0 spiro atoms. The molecule has 7 nitrogen and oxygen atoms in total. The van der Waals surface area contributed by atoms with Crippen molar-refractivity contribution in [1.29, 1.82) is 0 Å². The third kappa shape index (κ3) is 4.83. The predicted octanol–water partition coefficient (Wildman–Crippen LogP) is 3.61. The summed E-state index contributed by atoms with van der Waals surface area (Å²) in [5.74, 6) is -2.13. The number of hydrogen-bond acceptors (Lipinski definition) is 5.